The van der Waals surface area contributed by atoms with E-state index in [1.165, 1.54) is 5.56 Å². The van der Waals surface area contributed by atoms with Crippen molar-refractivity contribution in [2.75, 3.05) is 0 Å². The maximum atomic E-state index is 11.6. The first kappa shape index (κ1) is 15.1. The number of para-hydroxylation sites is 2. The van der Waals surface area contributed by atoms with Gasteiger partial charge in [0.15, 0.2) is 0 Å². The molecule has 0 spiro atoms. The van der Waals surface area contributed by atoms with E-state index in [4.69, 9.17) is 0 Å². The molecular weight excluding hydrogens is 312 g/mol. The lowest BCUT2D eigenvalue weighted by molar-refractivity contribution is 0.0697. The average Bonchev–Trinajstić information content (AvgIpc) is 3.06. The Hall–Kier alpha value is -3.40. The van der Waals surface area contributed by atoms with Crippen LogP contribution in [0.3, 0.4) is 0 Å². The molecule has 4 heteroatoms. The minimum atomic E-state index is -0.945. The van der Waals surface area contributed by atoms with E-state index in [0.717, 1.165) is 27.8 Å². The number of rotatable bonds is 3. The molecule has 25 heavy (non-hydrogen) atoms. The monoisotopic (exact) mass is 328 g/mol. The first-order valence-electron chi connectivity index (χ1n) is 8.00. The fourth-order valence-corrected chi connectivity index (χ4v) is 2.95. The number of fused-ring (bicyclic) bond motifs is 1. The van der Waals surface area contributed by atoms with Gasteiger partial charge in [0, 0.05) is 5.69 Å². The van der Waals surface area contributed by atoms with Crippen molar-refractivity contribution in [3.05, 3.63) is 84.2 Å². The van der Waals surface area contributed by atoms with Crippen molar-refractivity contribution >= 4 is 17.0 Å². The van der Waals surface area contributed by atoms with Crippen molar-refractivity contribution in [1.82, 2.24) is 9.55 Å². The van der Waals surface area contributed by atoms with Crippen LogP contribution in [0.5, 0.6) is 0 Å². The molecule has 1 aromatic heterocycles. The van der Waals surface area contributed by atoms with Crippen molar-refractivity contribution in [3.8, 4) is 16.8 Å². The summed E-state index contributed by atoms with van der Waals surface area (Å²) in [7, 11) is 0. The number of aryl methyl sites for hydroxylation is 1. The van der Waals surface area contributed by atoms with E-state index in [9.17, 15) is 9.90 Å². The Morgan fingerprint density at radius 1 is 0.960 bits per heavy atom. The number of imidazole rings is 1. The van der Waals surface area contributed by atoms with Crippen LogP contribution in [0.25, 0.3) is 27.8 Å². The van der Waals surface area contributed by atoms with Crippen LogP contribution in [0.1, 0.15) is 15.9 Å². The summed E-state index contributed by atoms with van der Waals surface area (Å²) < 4.78 is 1.92. The quantitative estimate of drug-likeness (QED) is 0.593. The zero-order chi connectivity index (χ0) is 17.4. The highest BCUT2D eigenvalue weighted by Gasteiger charge is 2.11. The second-order valence-corrected chi connectivity index (χ2v) is 6.04. The number of benzene rings is 3. The van der Waals surface area contributed by atoms with E-state index in [2.05, 4.69) is 4.98 Å². The number of carboxylic acids is 1. The van der Waals surface area contributed by atoms with Gasteiger partial charge in [-0.1, -0.05) is 42.0 Å². The molecule has 0 fully saturated rings. The average molecular weight is 328 g/mol. The highest BCUT2D eigenvalue weighted by atomic mass is 16.4. The van der Waals surface area contributed by atoms with Crippen molar-refractivity contribution in [1.29, 1.82) is 0 Å². The highest BCUT2D eigenvalue weighted by molar-refractivity contribution is 5.91. The zero-order valence-electron chi connectivity index (χ0n) is 13.7. The normalized spacial score (nSPS) is 10.9. The van der Waals surface area contributed by atoms with Gasteiger partial charge >= 0.3 is 5.97 Å². The van der Waals surface area contributed by atoms with Gasteiger partial charge in [0.2, 0.25) is 0 Å². The molecule has 0 aliphatic rings. The van der Waals surface area contributed by atoms with Crippen LogP contribution in [-0.4, -0.2) is 20.6 Å². The highest BCUT2D eigenvalue weighted by Crippen LogP contribution is 2.27. The number of nitrogens with zero attached hydrogens (tertiary/aromatic N) is 2. The molecule has 4 nitrogen and oxygen atoms in total. The van der Waals surface area contributed by atoms with Gasteiger partial charge in [0.1, 0.15) is 6.33 Å². The summed E-state index contributed by atoms with van der Waals surface area (Å²) in [5.41, 5.74) is 5.88. The van der Waals surface area contributed by atoms with Gasteiger partial charge in [0.25, 0.3) is 0 Å². The smallest absolute Gasteiger partial charge is 0.335 e. The Bertz CT molecular complexity index is 1080. The number of aromatic nitrogens is 2. The Kier molecular flexibility index (Phi) is 3.58. The first-order chi connectivity index (χ1) is 12.1. The third-order valence-corrected chi connectivity index (χ3v) is 4.28. The third-order valence-electron chi connectivity index (χ3n) is 4.28. The first-order valence-corrected chi connectivity index (χ1v) is 8.00. The SMILES string of the molecule is Cc1ccc(-c2cc(C(=O)O)cc(-n3cnc4ccccc43)c2)cc1. The molecule has 0 atom stereocenters. The molecule has 0 bridgehead atoms. The second kappa shape index (κ2) is 5.91. The van der Waals surface area contributed by atoms with E-state index >= 15 is 0 Å². The van der Waals surface area contributed by atoms with Gasteiger partial charge < -0.3 is 5.11 Å². The standard InChI is InChI=1S/C21H16N2O2/c1-14-6-8-15(9-7-14)16-10-17(21(24)25)12-18(11-16)23-13-22-19-4-2-3-5-20(19)23/h2-13H,1H3,(H,24,25). The molecule has 1 N–H and O–H groups in total. The molecule has 0 aliphatic heterocycles. The largest absolute Gasteiger partial charge is 0.478 e. The summed E-state index contributed by atoms with van der Waals surface area (Å²) >= 11 is 0. The summed E-state index contributed by atoms with van der Waals surface area (Å²) in [6.07, 6.45) is 1.73. The van der Waals surface area contributed by atoms with E-state index in [-0.39, 0.29) is 5.56 Å². The van der Waals surface area contributed by atoms with Gasteiger partial charge in [0.05, 0.1) is 16.6 Å². The lowest BCUT2D eigenvalue weighted by atomic mass is 10.0. The van der Waals surface area contributed by atoms with Crippen LogP contribution < -0.4 is 0 Å². The van der Waals surface area contributed by atoms with Gasteiger partial charge in [-0.2, -0.15) is 0 Å². The van der Waals surface area contributed by atoms with Crippen LogP contribution in [0.2, 0.25) is 0 Å². The summed E-state index contributed by atoms with van der Waals surface area (Å²) in [6, 6.07) is 21.2. The van der Waals surface area contributed by atoms with Crippen LogP contribution >= 0.6 is 0 Å². The van der Waals surface area contributed by atoms with E-state index in [1.807, 2.05) is 66.1 Å². The molecular formula is C21H16N2O2. The number of hydrogen-bond donors (Lipinski definition) is 1. The number of hydrogen-bond acceptors (Lipinski definition) is 2. The molecule has 0 saturated carbocycles. The summed E-state index contributed by atoms with van der Waals surface area (Å²) in [6.45, 7) is 2.03. The fraction of sp³-hybridized carbons (Fsp3) is 0.0476. The summed E-state index contributed by atoms with van der Waals surface area (Å²) in [5, 5.41) is 9.51. The molecule has 122 valence electrons. The lowest BCUT2D eigenvalue weighted by Crippen LogP contribution is -2.01. The Morgan fingerprint density at radius 2 is 1.72 bits per heavy atom. The van der Waals surface area contributed by atoms with Gasteiger partial charge in [-0.15, -0.1) is 0 Å². The van der Waals surface area contributed by atoms with Crippen LogP contribution in [0.15, 0.2) is 73.1 Å². The molecule has 0 unspecified atom stereocenters. The maximum absolute atomic E-state index is 11.6. The number of aromatic carboxylic acids is 1. The van der Waals surface area contributed by atoms with Crippen molar-refractivity contribution in [2.45, 2.75) is 6.92 Å². The van der Waals surface area contributed by atoms with E-state index < -0.39 is 5.97 Å². The van der Waals surface area contributed by atoms with E-state index in [1.54, 1.807) is 18.5 Å². The Balaban J connectivity index is 1.93. The Morgan fingerprint density at radius 3 is 2.48 bits per heavy atom. The fourth-order valence-electron chi connectivity index (χ4n) is 2.95. The van der Waals surface area contributed by atoms with Crippen LogP contribution in [0.4, 0.5) is 0 Å². The summed E-state index contributed by atoms with van der Waals surface area (Å²) in [4.78, 5) is 16.0. The van der Waals surface area contributed by atoms with E-state index in [0.29, 0.717) is 0 Å². The molecule has 4 rings (SSSR count). The minimum Gasteiger partial charge on any atom is -0.478 e. The lowest BCUT2D eigenvalue weighted by Gasteiger charge is -2.10. The molecule has 4 aromatic rings. The molecule has 1 heterocycles. The minimum absolute atomic E-state index is 0.255. The van der Waals surface area contributed by atoms with Gasteiger partial charge in [-0.05, 0) is 48.4 Å². The van der Waals surface area contributed by atoms with Crippen LogP contribution in [-0.2, 0) is 0 Å². The Labute approximate surface area is 145 Å². The molecule has 0 amide bonds. The number of carbonyl (C=O) groups is 1. The van der Waals surface area contributed by atoms with Crippen molar-refractivity contribution < 1.29 is 9.90 Å². The van der Waals surface area contributed by atoms with Crippen molar-refractivity contribution in [3.63, 3.8) is 0 Å². The topological polar surface area (TPSA) is 55.1 Å². The zero-order valence-corrected chi connectivity index (χ0v) is 13.7. The predicted molar refractivity (Wildman–Crippen MR) is 98.2 cm³/mol. The predicted octanol–water partition coefficient (Wildman–Crippen LogP) is 4.70. The summed E-state index contributed by atoms with van der Waals surface area (Å²) in [5.74, 6) is -0.945. The molecule has 0 saturated heterocycles. The second-order valence-electron chi connectivity index (χ2n) is 6.04. The maximum Gasteiger partial charge on any atom is 0.335 e. The number of carboxylic acid groups (broad SMARTS) is 1. The van der Waals surface area contributed by atoms with Crippen LogP contribution in [0, 0.1) is 6.92 Å². The molecule has 0 aliphatic carbocycles. The van der Waals surface area contributed by atoms with Gasteiger partial charge in [-0.25, -0.2) is 9.78 Å². The molecule has 3 aromatic carbocycles. The molecule has 0 radical (unpaired) electrons. The van der Waals surface area contributed by atoms with Crippen molar-refractivity contribution in [2.24, 2.45) is 0 Å². The van der Waals surface area contributed by atoms with Gasteiger partial charge in [-0.3, -0.25) is 4.57 Å². The third kappa shape index (κ3) is 2.78.